The van der Waals surface area contributed by atoms with Gasteiger partial charge >= 0.3 is 0 Å². The standard InChI is InChI=1S/C12H13NO4S/c1-17-8-2-3-10-9(6-8)13-11(14)12(4-5-12)7-18(10,15)16/h2-3,6H,4-5,7H2,1H3,(H,13,14). The Labute approximate surface area is 105 Å². The van der Waals surface area contributed by atoms with Crippen LogP contribution in [-0.2, 0) is 14.6 Å². The Hall–Kier alpha value is -1.56. The minimum absolute atomic E-state index is 0.0921. The van der Waals surface area contributed by atoms with Crippen molar-refractivity contribution in [3.8, 4) is 5.75 Å². The summed E-state index contributed by atoms with van der Waals surface area (Å²) in [7, 11) is -1.92. The van der Waals surface area contributed by atoms with Crippen molar-refractivity contribution in [3.63, 3.8) is 0 Å². The predicted octanol–water partition coefficient (Wildman–Crippen LogP) is 1.20. The Morgan fingerprint density at radius 3 is 2.67 bits per heavy atom. The molecular weight excluding hydrogens is 254 g/mol. The average molecular weight is 267 g/mol. The fourth-order valence-corrected chi connectivity index (χ4v) is 4.31. The highest BCUT2D eigenvalue weighted by Crippen LogP contribution is 2.50. The molecule has 3 rings (SSSR count). The summed E-state index contributed by atoms with van der Waals surface area (Å²) in [5.74, 6) is 0.236. The zero-order chi connectivity index (χ0) is 13.0. The maximum atomic E-state index is 12.3. The lowest BCUT2D eigenvalue weighted by Crippen LogP contribution is -2.27. The largest absolute Gasteiger partial charge is 0.497 e. The van der Waals surface area contributed by atoms with Crippen LogP contribution in [0.25, 0.3) is 0 Å². The lowest BCUT2D eigenvalue weighted by molar-refractivity contribution is -0.120. The molecule has 0 saturated heterocycles. The van der Waals surface area contributed by atoms with Crippen molar-refractivity contribution in [3.05, 3.63) is 18.2 Å². The van der Waals surface area contributed by atoms with E-state index in [1.54, 1.807) is 12.1 Å². The van der Waals surface area contributed by atoms with Gasteiger partial charge in [0.2, 0.25) is 5.91 Å². The maximum Gasteiger partial charge on any atom is 0.231 e. The number of hydrogen-bond donors (Lipinski definition) is 1. The topological polar surface area (TPSA) is 72.5 Å². The van der Waals surface area contributed by atoms with Crippen molar-refractivity contribution in [1.29, 1.82) is 0 Å². The fourth-order valence-electron chi connectivity index (χ4n) is 2.29. The van der Waals surface area contributed by atoms with Gasteiger partial charge in [0.1, 0.15) is 5.75 Å². The Morgan fingerprint density at radius 1 is 1.33 bits per heavy atom. The molecule has 5 nitrogen and oxygen atoms in total. The molecule has 1 N–H and O–H groups in total. The Bertz CT molecular complexity index is 631. The minimum atomic E-state index is -3.42. The van der Waals surface area contributed by atoms with Gasteiger partial charge in [0.05, 0.1) is 28.9 Å². The molecule has 1 amide bonds. The summed E-state index contributed by atoms with van der Waals surface area (Å²) in [6.45, 7) is 0. The van der Waals surface area contributed by atoms with E-state index in [9.17, 15) is 13.2 Å². The van der Waals surface area contributed by atoms with Crippen molar-refractivity contribution < 1.29 is 17.9 Å². The van der Waals surface area contributed by atoms with E-state index < -0.39 is 15.3 Å². The van der Waals surface area contributed by atoms with E-state index in [4.69, 9.17) is 4.74 Å². The van der Waals surface area contributed by atoms with E-state index in [-0.39, 0.29) is 16.6 Å². The van der Waals surface area contributed by atoms with Gasteiger partial charge in [-0.05, 0) is 25.0 Å². The van der Waals surface area contributed by atoms with Crippen LogP contribution < -0.4 is 10.1 Å². The lowest BCUT2D eigenvalue weighted by Gasteiger charge is -2.08. The van der Waals surface area contributed by atoms with Crippen molar-refractivity contribution in [2.75, 3.05) is 18.2 Å². The number of amides is 1. The predicted molar refractivity (Wildman–Crippen MR) is 65.3 cm³/mol. The molecule has 1 fully saturated rings. The highest BCUT2D eigenvalue weighted by molar-refractivity contribution is 7.91. The van der Waals surface area contributed by atoms with Gasteiger partial charge in [-0.15, -0.1) is 0 Å². The van der Waals surface area contributed by atoms with Gasteiger partial charge in [-0.3, -0.25) is 4.79 Å². The zero-order valence-electron chi connectivity index (χ0n) is 9.89. The van der Waals surface area contributed by atoms with E-state index in [1.165, 1.54) is 13.2 Å². The summed E-state index contributed by atoms with van der Waals surface area (Å²) >= 11 is 0. The molecule has 2 aliphatic rings. The normalized spacial score (nSPS) is 22.8. The molecular formula is C12H13NO4S. The van der Waals surface area contributed by atoms with E-state index in [0.717, 1.165) is 0 Å². The molecule has 0 aromatic heterocycles. The molecule has 1 heterocycles. The average Bonchev–Trinajstić information content (AvgIpc) is 3.08. The number of fused-ring (bicyclic) bond motifs is 1. The van der Waals surface area contributed by atoms with Gasteiger partial charge in [0, 0.05) is 6.07 Å². The number of methoxy groups -OCH3 is 1. The van der Waals surface area contributed by atoms with E-state index in [2.05, 4.69) is 5.32 Å². The highest BCUT2D eigenvalue weighted by atomic mass is 32.2. The van der Waals surface area contributed by atoms with Gasteiger partial charge < -0.3 is 10.1 Å². The number of nitrogens with one attached hydrogen (secondary N) is 1. The second-order valence-electron chi connectivity index (χ2n) is 4.86. The summed E-state index contributed by atoms with van der Waals surface area (Å²) in [6, 6.07) is 4.63. The second kappa shape index (κ2) is 3.47. The number of anilines is 1. The molecule has 6 heteroatoms. The number of hydrogen-bond acceptors (Lipinski definition) is 4. The number of sulfone groups is 1. The van der Waals surface area contributed by atoms with Gasteiger partial charge in [-0.2, -0.15) is 0 Å². The molecule has 0 unspecified atom stereocenters. The number of rotatable bonds is 1. The number of carbonyl (C=O) groups excluding carboxylic acids is 1. The maximum absolute atomic E-state index is 12.3. The van der Waals surface area contributed by atoms with Crippen molar-refractivity contribution in [1.82, 2.24) is 0 Å². The lowest BCUT2D eigenvalue weighted by atomic mass is 10.1. The van der Waals surface area contributed by atoms with Crippen LogP contribution in [0.15, 0.2) is 23.1 Å². The van der Waals surface area contributed by atoms with Gasteiger partial charge in [0.15, 0.2) is 9.84 Å². The minimum Gasteiger partial charge on any atom is -0.497 e. The summed E-state index contributed by atoms with van der Waals surface area (Å²) < 4.78 is 29.6. The SMILES string of the molecule is COc1ccc2c(c1)NC(=O)C1(CC1)CS2(=O)=O. The van der Waals surface area contributed by atoms with Crippen molar-refractivity contribution in [2.45, 2.75) is 17.7 Å². The van der Waals surface area contributed by atoms with Crippen LogP contribution in [0.4, 0.5) is 5.69 Å². The molecule has 96 valence electrons. The van der Waals surface area contributed by atoms with Gasteiger partial charge in [-0.25, -0.2) is 8.42 Å². The summed E-state index contributed by atoms with van der Waals surface area (Å²) in [6.07, 6.45) is 1.28. The van der Waals surface area contributed by atoms with Crippen LogP contribution in [0.2, 0.25) is 0 Å². The highest BCUT2D eigenvalue weighted by Gasteiger charge is 2.54. The summed E-state index contributed by atoms with van der Waals surface area (Å²) in [5, 5.41) is 2.71. The van der Waals surface area contributed by atoms with Crippen LogP contribution in [0, 0.1) is 5.41 Å². The number of benzene rings is 1. The van der Waals surface area contributed by atoms with Gasteiger partial charge in [0.25, 0.3) is 0 Å². The molecule has 0 bridgehead atoms. The molecule has 1 aromatic carbocycles. The summed E-state index contributed by atoms with van der Waals surface area (Å²) in [4.78, 5) is 12.2. The first-order valence-electron chi connectivity index (χ1n) is 5.69. The van der Waals surface area contributed by atoms with E-state index >= 15 is 0 Å². The van der Waals surface area contributed by atoms with E-state index in [0.29, 0.717) is 24.3 Å². The molecule has 1 aromatic rings. The Balaban J connectivity index is 2.16. The number of carbonyl (C=O) groups is 1. The molecule has 1 spiro atoms. The molecule has 0 atom stereocenters. The van der Waals surface area contributed by atoms with Crippen molar-refractivity contribution >= 4 is 21.4 Å². The third-order valence-electron chi connectivity index (χ3n) is 3.57. The molecule has 1 aliphatic heterocycles. The first-order valence-corrected chi connectivity index (χ1v) is 7.34. The third-order valence-corrected chi connectivity index (χ3v) is 5.53. The van der Waals surface area contributed by atoms with Crippen LogP contribution in [0.5, 0.6) is 5.75 Å². The van der Waals surface area contributed by atoms with Crippen LogP contribution >= 0.6 is 0 Å². The second-order valence-corrected chi connectivity index (χ2v) is 6.81. The van der Waals surface area contributed by atoms with Crippen LogP contribution in [0.3, 0.4) is 0 Å². The molecule has 1 aliphatic carbocycles. The first kappa shape index (κ1) is 11.5. The first-order chi connectivity index (χ1) is 8.47. The van der Waals surface area contributed by atoms with Crippen molar-refractivity contribution in [2.24, 2.45) is 5.41 Å². The molecule has 1 saturated carbocycles. The van der Waals surface area contributed by atoms with Gasteiger partial charge in [-0.1, -0.05) is 0 Å². The molecule has 0 radical (unpaired) electrons. The number of ether oxygens (including phenoxy) is 1. The summed E-state index contributed by atoms with van der Waals surface area (Å²) in [5.41, 5.74) is -0.381. The van der Waals surface area contributed by atoms with Crippen LogP contribution in [-0.4, -0.2) is 27.2 Å². The fraction of sp³-hybridized carbons (Fsp3) is 0.417. The molecule has 18 heavy (non-hydrogen) atoms. The quantitative estimate of drug-likeness (QED) is 0.830. The zero-order valence-corrected chi connectivity index (χ0v) is 10.7. The third kappa shape index (κ3) is 1.59. The monoisotopic (exact) mass is 267 g/mol. The van der Waals surface area contributed by atoms with E-state index in [1.807, 2.05) is 0 Å². The Morgan fingerprint density at radius 2 is 2.06 bits per heavy atom. The van der Waals surface area contributed by atoms with Crippen LogP contribution in [0.1, 0.15) is 12.8 Å². The Kier molecular flexibility index (Phi) is 2.22. The smallest absolute Gasteiger partial charge is 0.231 e.